The van der Waals surface area contributed by atoms with Gasteiger partial charge in [-0.25, -0.2) is 0 Å². The van der Waals surface area contributed by atoms with Crippen LogP contribution in [0, 0.1) is 10.1 Å². The summed E-state index contributed by atoms with van der Waals surface area (Å²) in [7, 11) is 1.50. The van der Waals surface area contributed by atoms with Crippen LogP contribution in [-0.4, -0.2) is 12.0 Å². The number of hydrogen-bond donors (Lipinski definition) is 1. The van der Waals surface area contributed by atoms with Crippen LogP contribution in [0.5, 0.6) is 0 Å². The number of hydrogen-bond acceptors (Lipinski definition) is 3. The maximum absolute atomic E-state index is 10.0. The van der Waals surface area contributed by atoms with Gasteiger partial charge >= 0.3 is 0 Å². The molecule has 0 aliphatic carbocycles. The largest absolute Gasteiger partial charge is 0.333 e. The van der Waals surface area contributed by atoms with E-state index in [1.807, 2.05) is 0 Å². The van der Waals surface area contributed by atoms with E-state index in [2.05, 4.69) is 5.73 Å². The van der Waals surface area contributed by atoms with Crippen LogP contribution in [0.4, 0.5) is 5.69 Å². The highest BCUT2D eigenvalue weighted by atomic mass is 16.6. The molecule has 0 amide bonds. The summed E-state index contributed by atoms with van der Waals surface area (Å²) in [6.07, 6.45) is 0. The average molecular weight is 154 g/mol. The van der Waals surface area contributed by atoms with Gasteiger partial charge in [-0.15, -0.1) is 0 Å². The number of para-hydroxylation sites is 1. The van der Waals surface area contributed by atoms with Gasteiger partial charge in [-0.1, -0.05) is 18.2 Å². The minimum Gasteiger partial charge on any atom is -0.333 e. The molecule has 0 aliphatic heterocycles. The number of non-ortho nitro benzene ring substituents is 1. The second kappa shape index (κ2) is 5.37. The van der Waals surface area contributed by atoms with Crippen LogP contribution in [0.15, 0.2) is 30.3 Å². The van der Waals surface area contributed by atoms with Gasteiger partial charge in [0, 0.05) is 12.1 Å². The topological polar surface area (TPSA) is 69.2 Å². The van der Waals surface area contributed by atoms with E-state index < -0.39 is 4.92 Å². The van der Waals surface area contributed by atoms with Gasteiger partial charge in [-0.3, -0.25) is 10.1 Å². The molecule has 0 fully saturated rings. The fourth-order valence-corrected chi connectivity index (χ4v) is 0.550. The van der Waals surface area contributed by atoms with Gasteiger partial charge in [0.1, 0.15) is 0 Å². The Kier molecular flexibility index (Phi) is 4.68. The Morgan fingerprint density at radius 2 is 1.73 bits per heavy atom. The summed E-state index contributed by atoms with van der Waals surface area (Å²) in [5.74, 6) is 0. The number of nitro groups is 1. The lowest BCUT2D eigenvalue weighted by molar-refractivity contribution is -0.384. The van der Waals surface area contributed by atoms with Gasteiger partial charge < -0.3 is 5.73 Å². The average Bonchev–Trinajstić information content (AvgIpc) is 2.10. The first-order valence-electron chi connectivity index (χ1n) is 3.08. The number of nitrogens with zero attached hydrogens (tertiary/aromatic N) is 1. The predicted molar refractivity (Wildman–Crippen MR) is 43.2 cm³/mol. The molecule has 0 unspecified atom stereocenters. The molecule has 0 saturated heterocycles. The molecular formula is C7H10N2O2. The Labute approximate surface area is 64.8 Å². The molecule has 0 atom stereocenters. The zero-order chi connectivity index (χ0) is 8.69. The molecular weight excluding hydrogens is 144 g/mol. The second-order valence-electron chi connectivity index (χ2n) is 1.59. The van der Waals surface area contributed by atoms with E-state index in [0.29, 0.717) is 0 Å². The van der Waals surface area contributed by atoms with E-state index in [-0.39, 0.29) is 5.69 Å². The van der Waals surface area contributed by atoms with Crippen LogP contribution < -0.4 is 5.73 Å². The van der Waals surface area contributed by atoms with Crippen molar-refractivity contribution in [2.45, 2.75) is 0 Å². The van der Waals surface area contributed by atoms with Crippen molar-refractivity contribution in [1.29, 1.82) is 0 Å². The Bertz CT molecular complexity index is 211. The fourth-order valence-electron chi connectivity index (χ4n) is 0.550. The highest BCUT2D eigenvalue weighted by Gasteiger charge is 1.98. The molecule has 4 nitrogen and oxygen atoms in total. The third kappa shape index (κ3) is 3.32. The van der Waals surface area contributed by atoms with Crippen LogP contribution >= 0.6 is 0 Å². The first kappa shape index (κ1) is 9.58. The second-order valence-corrected chi connectivity index (χ2v) is 1.59. The van der Waals surface area contributed by atoms with Crippen molar-refractivity contribution >= 4 is 5.69 Å². The van der Waals surface area contributed by atoms with Gasteiger partial charge in [0.15, 0.2) is 0 Å². The molecule has 0 radical (unpaired) electrons. The summed E-state index contributed by atoms with van der Waals surface area (Å²) in [5.41, 5.74) is 4.64. The van der Waals surface area contributed by atoms with Crippen molar-refractivity contribution in [3.8, 4) is 0 Å². The van der Waals surface area contributed by atoms with E-state index in [4.69, 9.17) is 0 Å². The molecule has 0 heterocycles. The van der Waals surface area contributed by atoms with Crippen molar-refractivity contribution < 1.29 is 4.92 Å². The summed E-state index contributed by atoms with van der Waals surface area (Å²) in [5, 5.41) is 10.0. The highest BCUT2D eigenvalue weighted by molar-refractivity contribution is 5.27. The van der Waals surface area contributed by atoms with Gasteiger partial charge in [-0.2, -0.15) is 0 Å². The van der Waals surface area contributed by atoms with E-state index >= 15 is 0 Å². The molecule has 1 rings (SSSR count). The molecule has 1 aromatic rings. The Balaban J connectivity index is 0.000000461. The molecule has 0 aliphatic rings. The molecule has 4 heteroatoms. The van der Waals surface area contributed by atoms with E-state index in [0.717, 1.165) is 0 Å². The minimum atomic E-state index is -0.417. The van der Waals surface area contributed by atoms with Crippen molar-refractivity contribution in [3.63, 3.8) is 0 Å². The SMILES string of the molecule is CN.O=[N+]([O-])c1ccccc1. The van der Waals surface area contributed by atoms with Crippen LogP contribution in [0.1, 0.15) is 0 Å². The standard InChI is InChI=1S/C6H5NO2.CH5N/c8-7(9)6-4-2-1-3-5-6;1-2/h1-5H;2H2,1H3. The zero-order valence-electron chi connectivity index (χ0n) is 6.23. The smallest absolute Gasteiger partial charge is 0.269 e. The lowest BCUT2D eigenvalue weighted by atomic mass is 10.3. The highest BCUT2D eigenvalue weighted by Crippen LogP contribution is 2.06. The fraction of sp³-hybridized carbons (Fsp3) is 0.143. The summed E-state index contributed by atoms with van der Waals surface area (Å²) in [6.45, 7) is 0. The molecule has 1 aromatic carbocycles. The molecule has 11 heavy (non-hydrogen) atoms. The number of rotatable bonds is 1. The molecule has 0 aromatic heterocycles. The van der Waals surface area contributed by atoms with Crippen molar-refractivity contribution in [3.05, 3.63) is 40.4 Å². The van der Waals surface area contributed by atoms with Crippen molar-refractivity contribution in [2.75, 3.05) is 7.05 Å². The van der Waals surface area contributed by atoms with E-state index in [1.165, 1.54) is 19.2 Å². The van der Waals surface area contributed by atoms with Crippen molar-refractivity contribution in [2.24, 2.45) is 5.73 Å². The maximum atomic E-state index is 10.0. The molecule has 60 valence electrons. The van der Waals surface area contributed by atoms with Crippen LogP contribution in [-0.2, 0) is 0 Å². The zero-order valence-corrected chi connectivity index (χ0v) is 6.23. The molecule has 0 saturated carbocycles. The van der Waals surface area contributed by atoms with E-state index in [1.54, 1.807) is 18.2 Å². The maximum Gasteiger partial charge on any atom is 0.269 e. The summed E-state index contributed by atoms with van der Waals surface area (Å²) >= 11 is 0. The normalized spacial score (nSPS) is 7.82. The Hall–Kier alpha value is -1.42. The van der Waals surface area contributed by atoms with Crippen LogP contribution in [0.3, 0.4) is 0 Å². The first-order chi connectivity index (χ1) is 5.30. The lowest BCUT2D eigenvalue weighted by Gasteiger charge is -1.85. The molecule has 0 spiro atoms. The number of benzene rings is 1. The molecule has 2 N–H and O–H groups in total. The summed E-state index contributed by atoms with van der Waals surface area (Å²) < 4.78 is 0. The van der Waals surface area contributed by atoms with Crippen LogP contribution in [0.25, 0.3) is 0 Å². The predicted octanol–water partition coefficient (Wildman–Crippen LogP) is 1.17. The van der Waals surface area contributed by atoms with Crippen LogP contribution in [0.2, 0.25) is 0 Å². The lowest BCUT2D eigenvalue weighted by Crippen LogP contribution is -1.84. The Morgan fingerprint density at radius 1 is 1.27 bits per heavy atom. The molecule has 0 bridgehead atoms. The summed E-state index contributed by atoms with van der Waals surface area (Å²) in [4.78, 5) is 9.59. The van der Waals surface area contributed by atoms with Crippen molar-refractivity contribution in [1.82, 2.24) is 0 Å². The third-order valence-corrected chi connectivity index (χ3v) is 0.967. The number of nitrogens with two attached hydrogens (primary N) is 1. The van der Waals surface area contributed by atoms with Gasteiger partial charge in [-0.05, 0) is 7.05 Å². The monoisotopic (exact) mass is 154 g/mol. The first-order valence-corrected chi connectivity index (χ1v) is 3.08. The van der Waals surface area contributed by atoms with Gasteiger partial charge in [0.25, 0.3) is 5.69 Å². The van der Waals surface area contributed by atoms with Gasteiger partial charge in [0.05, 0.1) is 4.92 Å². The van der Waals surface area contributed by atoms with E-state index in [9.17, 15) is 10.1 Å². The quantitative estimate of drug-likeness (QED) is 0.487. The Morgan fingerprint density at radius 3 is 2.00 bits per heavy atom. The third-order valence-electron chi connectivity index (χ3n) is 0.967. The summed E-state index contributed by atoms with van der Waals surface area (Å²) in [6, 6.07) is 7.93. The minimum absolute atomic E-state index is 0.137. The number of nitro benzene ring substituents is 1. The van der Waals surface area contributed by atoms with Gasteiger partial charge in [0.2, 0.25) is 0 Å².